The van der Waals surface area contributed by atoms with E-state index in [1.165, 1.54) is 5.56 Å². The molecule has 0 saturated heterocycles. The molecular formula is C19H23FN2O2. The molecule has 5 heteroatoms. The molecule has 1 saturated carbocycles. The lowest BCUT2D eigenvalue weighted by molar-refractivity contribution is -0.122. The summed E-state index contributed by atoms with van der Waals surface area (Å²) >= 11 is 0. The van der Waals surface area contributed by atoms with E-state index in [-0.39, 0.29) is 18.9 Å². The summed E-state index contributed by atoms with van der Waals surface area (Å²) in [4.78, 5) is 4.31. The lowest BCUT2D eigenvalue weighted by Crippen LogP contribution is -2.29. The zero-order chi connectivity index (χ0) is 16.7. The molecule has 1 aromatic heterocycles. The van der Waals surface area contributed by atoms with Crippen LogP contribution in [0.25, 0.3) is 11.3 Å². The largest absolute Gasteiger partial charge is 0.496 e. The van der Waals surface area contributed by atoms with Crippen LogP contribution in [0.2, 0.25) is 0 Å². The van der Waals surface area contributed by atoms with E-state index < -0.39 is 5.85 Å². The maximum Gasteiger partial charge on any atom is 0.206 e. The minimum atomic E-state index is -1.94. The fourth-order valence-corrected chi connectivity index (χ4v) is 4.26. The molecule has 2 aromatic rings. The molecule has 0 amide bonds. The van der Waals surface area contributed by atoms with E-state index >= 15 is 0 Å². The van der Waals surface area contributed by atoms with Crippen molar-refractivity contribution >= 4 is 0 Å². The molecule has 4 nitrogen and oxygen atoms in total. The number of hydrogen-bond donors (Lipinski definition) is 1. The van der Waals surface area contributed by atoms with Crippen molar-refractivity contribution in [3.8, 4) is 17.0 Å². The maximum atomic E-state index is 13.6. The molecule has 1 aliphatic heterocycles. The Hall–Kier alpha value is -1.88. The minimum absolute atomic E-state index is 0.263. The molecule has 0 spiro atoms. The number of alkyl halides is 1. The van der Waals surface area contributed by atoms with Gasteiger partial charge in [-0.25, -0.2) is 9.37 Å². The van der Waals surface area contributed by atoms with Gasteiger partial charge in [0.1, 0.15) is 5.75 Å². The first-order chi connectivity index (χ1) is 11.6. The number of benzene rings is 1. The first kappa shape index (κ1) is 15.6. The summed E-state index contributed by atoms with van der Waals surface area (Å²) < 4.78 is 21.3. The van der Waals surface area contributed by atoms with Crippen LogP contribution in [0.15, 0.2) is 30.7 Å². The molecule has 1 fully saturated rings. The van der Waals surface area contributed by atoms with Gasteiger partial charge in [0.15, 0.2) is 0 Å². The van der Waals surface area contributed by atoms with Gasteiger partial charge in [-0.3, -0.25) is 0 Å². The Morgan fingerprint density at radius 2 is 2.12 bits per heavy atom. The second-order valence-corrected chi connectivity index (χ2v) is 7.07. The fraction of sp³-hybridized carbons (Fsp3) is 0.526. The number of rotatable bonds is 4. The van der Waals surface area contributed by atoms with E-state index in [4.69, 9.17) is 4.74 Å². The van der Waals surface area contributed by atoms with E-state index in [1.807, 2.05) is 24.7 Å². The van der Waals surface area contributed by atoms with Gasteiger partial charge in [-0.05, 0) is 43.2 Å². The summed E-state index contributed by atoms with van der Waals surface area (Å²) in [5.74, 6) is -0.569. The maximum absolute atomic E-state index is 13.6. The number of fused-ring (bicyclic) bond motifs is 3. The van der Waals surface area contributed by atoms with Crippen LogP contribution >= 0.6 is 0 Å². The number of aromatic nitrogens is 2. The van der Waals surface area contributed by atoms with Crippen LogP contribution in [0, 0.1) is 5.92 Å². The van der Waals surface area contributed by atoms with E-state index in [9.17, 15) is 9.50 Å². The normalized spacial score (nSPS) is 28.5. The number of aliphatic hydroxyl groups is 1. The molecule has 2 heterocycles. The number of hydrogen-bond acceptors (Lipinski definition) is 3. The molecule has 1 aromatic carbocycles. The second-order valence-electron chi connectivity index (χ2n) is 7.07. The summed E-state index contributed by atoms with van der Waals surface area (Å²) in [5, 5.41) is 9.47. The lowest BCUT2D eigenvalue weighted by Gasteiger charge is -2.30. The third-order valence-electron chi connectivity index (χ3n) is 5.62. The van der Waals surface area contributed by atoms with Crippen LogP contribution in [0.5, 0.6) is 5.75 Å². The molecule has 1 atom stereocenters. The topological polar surface area (TPSA) is 47.3 Å². The average molecular weight is 330 g/mol. The minimum Gasteiger partial charge on any atom is -0.496 e. The molecule has 2 aliphatic rings. The smallest absolute Gasteiger partial charge is 0.206 e. The SMILES string of the molecule is COc1cccc2c1-c1cncn1C2CCC1CCC(O)(F)CC1. The molecular weight excluding hydrogens is 307 g/mol. The molecule has 24 heavy (non-hydrogen) atoms. The molecule has 0 radical (unpaired) electrons. The van der Waals surface area contributed by atoms with E-state index in [2.05, 4.69) is 15.6 Å². The van der Waals surface area contributed by atoms with Crippen LogP contribution in [0.4, 0.5) is 4.39 Å². The summed E-state index contributed by atoms with van der Waals surface area (Å²) in [6.45, 7) is 0. The van der Waals surface area contributed by atoms with Crippen molar-refractivity contribution in [2.75, 3.05) is 7.11 Å². The molecule has 1 unspecified atom stereocenters. The van der Waals surface area contributed by atoms with Crippen LogP contribution in [-0.4, -0.2) is 27.6 Å². The van der Waals surface area contributed by atoms with E-state index in [0.29, 0.717) is 5.92 Å². The molecule has 1 aliphatic carbocycles. The van der Waals surface area contributed by atoms with Crippen molar-refractivity contribution in [1.29, 1.82) is 0 Å². The molecule has 128 valence electrons. The fourth-order valence-electron chi connectivity index (χ4n) is 4.26. The van der Waals surface area contributed by atoms with Gasteiger partial charge in [0.2, 0.25) is 5.85 Å². The number of nitrogens with zero attached hydrogens (tertiary/aromatic N) is 2. The van der Waals surface area contributed by atoms with Gasteiger partial charge in [0, 0.05) is 18.4 Å². The Morgan fingerprint density at radius 3 is 2.88 bits per heavy atom. The molecule has 4 rings (SSSR count). The van der Waals surface area contributed by atoms with Crippen molar-refractivity contribution in [3.63, 3.8) is 0 Å². The monoisotopic (exact) mass is 330 g/mol. The first-order valence-corrected chi connectivity index (χ1v) is 8.69. The van der Waals surface area contributed by atoms with Crippen molar-refractivity contribution in [3.05, 3.63) is 36.3 Å². The Bertz CT molecular complexity index is 731. The summed E-state index contributed by atoms with van der Waals surface area (Å²) in [6.07, 6.45) is 7.88. The second kappa shape index (κ2) is 5.88. The van der Waals surface area contributed by atoms with Crippen LogP contribution in [0.3, 0.4) is 0 Å². The Balaban J connectivity index is 1.53. The van der Waals surface area contributed by atoms with Gasteiger partial charge in [-0.1, -0.05) is 12.1 Å². The van der Waals surface area contributed by atoms with Crippen molar-refractivity contribution in [2.45, 2.75) is 50.4 Å². The van der Waals surface area contributed by atoms with E-state index in [1.54, 1.807) is 7.11 Å². The number of halogens is 1. The Morgan fingerprint density at radius 1 is 1.33 bits per heavy atom. The highest BCUT2D eigenvalue weighted by atomic mass is 19.2. The first-order valence-electron chi connectivity index (χ1n) is 8.69. The summed E-state index contributed by atoms with van der Waals surface area (Å²) in [6, 6.07) is 6.45. The van der Waals surface area contributed by atoms with Gasteiger partial charge >= 0.3 is 0 Å². The molecule has 1 N–H and O–H groups in total. The van der Waals surface area contributed by atoms with Gasteiger partial charge in [0.05, 0.1) is 31.4 Å². The number of imidazole rings is 1. The van der Waals surface area contributed by atoms with Gasteiger partial charge in [-0.15, -0.1) is 0 Å². The third-order valence-corrected chi connectivity index (χ3v) is 5.62. The van der Waals surface area contributed by atoms with Crippen molar-refractivity contribution < 1.29 is 14.2 Å². The third kappa shape index (κ3) is 2.61. The highest BCUT2D eigenvalue weighted by Crippen LogP contribution is 2.47. The van der Waals surface area contributed by atoms with Gasteiger partial charge in [0.25, 0.3) is 0 Å². The highest BCUT2D eigenvalue weighted by molar-refractivity contribution is 5.75. The van der Waals surface area contributed by atoms with Crippen molar-refractivity contribution in [1.82, 2.24) is 9.55 Å². The zero-order valence-electron chi connectivity index (χ0n) is 13.9. The van der Waals surface area contributed by atoms with Crippen LogP contribution in [0.1, 0.15) is 50.1 Å². The van der Waals surface area contributed by atoms with Crippen molar-refractivity contribution in [2.24, 2.45) is 5.92 Å². The quantitative estimate of drug-likeness (QED) is 0.918. The van der Waals surface area contributed by atoms with Gasteiger partial charge in [-0.2, -0.15) is 0 Å². The number of methoxy groups -OCH3 is 1. The summed E-state index contributed by atoms with van der Waals surface area (Å²) in [7, 11) is 1.70. The zero-order valence-corrected chi connectivity index (χ0v) is 13.9. The summed E-state index contributed by atoms with van der Waals surface area (Å²) in [5.41, 5.74) is 3.53. The lowest BCUT2D eigenvalue weighted by atomic mass is 9.82. The van der Waals surface area contributed by atoms with Crippen LogP contribution in [-0.2, 0) is 0 Å². The Kier molecular flexibility index (Phi) is 3.83. The Labute approximate surface area is 141 Å². The predicted octanol–water partition coefficient (Wildman–Crippen LogP) is 4.09. The molecule has 0 bridgehead atoms. The highest BCUT2D eigenvalue weighted by Gasteiger charge is 2.35. The predicted molar refractivity (Wildman–Crippen MR) is 89.6 cm³/mol. The standard InChI is InChI=1S/C19H23FN2O2/c1-24-17-4-2-3-14-15(22-12-21-11-16(22)18(14)17)6-5-13-7-9-19(20,23)10-8-13/h2-4,11-13,15,23H,5-10H2,1H3. The van der Waals surface area contributed by atoms with E-state index in [0.717, 1.165) is 42.7 Å². The van der Waals surface area contributed by atoms with Gasteiger partial charge < -0.3 is 14.4 Å². The average Bonchev–Trinajstić information content (AvgIpc) is 3.15. The number of ether oxygens (including phenoxy) is 1. The van der Waals surface area contributed by atoms with Crippen LogP contribution < -0.4 is 4.74 Å².